The summed E-state index contributed by atoms with van der Waals surface area (Å²) in [6.07, 6.45) is 0. The highest BCUT2D eigenvalue weighted by atomic mass is 32.1. The Morgan fingerprint density at radius 3 is 2.07 bits per heavy atom. The Morgan fingerprint density at radius 1 is 0.605 bits per heavy atom. The van der Waals surface area contributed by atoms with Gasteiger partial charge in [0.15, 0.2) is 0 Å². The fourth-order valence-electron chi connectivity index (χ4n) is 7.43. The van der Waals surface area contributed by atoms with Gasteiger partial charge in [-0.3, -0.25) is 0 Å². The molecule has 1 aliphatic rings. The number of rotatable bonds is 2. The van der Waals surface area contributed by atoms with Crippen LogP contribution in [0.25, 0.3) is 69.9 Å². The first-order valence-corrected chi connectivity index (χ1v) is 15.5. The van der Waals surface area contributed by atoms with Gasteiger partial charge in [-0.2, -0.15) is 5.26 Å². The Morgan fingerprint density at radius 2 is 1.30 bits per heavy atom. The van der Waals surface area contributed by atoms with E-state index in [2.05, 4.69) is 134 Å². The average Bonchev–Trinajstić information content (AvgIpc) is 3.65. The summed E-state index contributed by atoms with van der Waals surface area (Å²) < 4.78 is 4.87. The molecule has 2 aromatic heterocycles. The Labute approximate surface area is 253 Å². The number of thiophene rings is 1. The molecular weight excluding hydrogens is 541 g/mol. The highest BCUT2D eigenvalue weighted by Crippen LogP contribution is 2.51. The second-order valence-corrected chi connectivity index (χ2v) is 13.1. The number of para-hydroxylation sites is 2. The number of benzene rings is 6. The van der Waals surface area contributed by atoms with E-state index in [-0.39, 0.29) is 5.41 Å². The topological polar surface area (TPSA) is 28.7 Å². The second kappa shape index (κ2) is 8.67. The molecule has 0 atom stereocenters. The lowest BCUT2D eigenvalue weighted by molar-refractivity contribution is 0.661. The van der Waals surface area contributed by atoms with Crippen LogP contribution in [0.15, 0.2) is 121 Å². The molecule has 2 nitrogen and oxygen atoms in total. The lowest BCUT2D eigenvalue weighted by atomic mass is 9.82. The van der Waals surface area contributed by atoms with Gasteiger partial charge in [-0.1, -0.05) is 92.7 Å². The highest BCUT2D eigenvalue weighted by Gasteiger charge is 2.35. The van der Waals surface area contributed by atoms with Gasteiger partial charge < -0.3 is 4.57 Å². The SMILES string of the molecule is CC1(C)c2ccccc2-c2cc3c(cc21)sc1cc(-c2c(C#N)cccc2-n2c4ccccc4c4ccccc42)ccc13. The zero-order chi connectivity index (χ0) is 28.9. The van der Waals surface area contributed by atoms with Crippen molar-refractivity contribution in [3.8, 4) is 34.0 Å². The summed E-state index contributed by atoms with van der Waals surface area (Å²) in [5.74, 6) is 0. The fourth-order valence-corrected chi connectivity index (χ4v) is 8.60. The van der Waals surface area contributed by atoms with Crippen LogP contribution >= 0.6 is 11.3 Å². The Hall–Kier alpha value is -5.17. The average molecular weight is 567 g/mol. The smallest absolute Gasteiger partial charge is 0.0998 e. The minimum absolute atomic E-state index is 0.0234. The highest BCUT2D eigenvalue weighted by molar-refractivity contribution is 7.25. The summed E-state index contributed by atoms with van der Waals surface area (Å²) in [5, 5.41) is 15.3. The molecule has 43 heavy (non-hydrogen) atoms. The third kappa shape index (κ3) is 3.27. The molecule has 0 unspecified atom stereocenters. The van der Waals surface area contributed by atoms with Gasteiger partial charge >= 0.3 is 0 Å². The van der Waals surface area contributed by atoms with Gasteiger partial charge in [-0.05, 0) is 70.3 Å². The van der Waals surface area contributed by atoms with Crippen molar-refractivity contribution < 1.29 is 0 Å². The van der Waals surface area contributed by atoms with Crippen LogP contribution in [-0.2, 0) is 5.41 Å². The van der Waals surface area contributed by atoms with Gasteiger partial charge in [0, 0.05) is 41.9 Å². The van der Waals surface area contributed by atoms with Crippen molar-refractivity contribution in [3.05, 3.63) is 138 Å². The number of fused-ring (bicyclic) bond motifs is 9. The van der Waals surface area contributed by atoms with Crippen molar-refractivity contribution in [2.45, 2.75) is 19.3 Å². The van der Waals surface area contributed by atoms with Crippen LogP contribution in [0.2, 0.25) is 0 Å². The van der Waals surface area contributed by atoms with Crippen molar-refractivity contribution in [2.24, 2.45) is 0 Å². The zero-order valence-electron chi connectivity index (χ0n) is 23.8. The summed E-state index contributed by atoms with van der Waals surface area (Å²) in [5.41, 5.74) is 11.5. The minimum Gasteiger partial charge on any atom is -0.309 e. The fraction of sp³-hybridized carbons (Fsp3) is 0.0750. The Kier molecular flexibility index (Phi) is 4.93. The molecule has 0 amide bonds. The molecule has 6 aromatic carbocycles. The first-order valence-electron chi connectivity index (χ1n) is 14.7. The maximum atomic E-state index is 10.3. The van der Waals surface area contributed by atoms with E-state index in [1.165, 1.54) is 53.2 Å². The predicted molar refractivity (Wildman–Crippen MR) is 181 cm³/mol. The molecule has 3 heteroatoms. The van der Waals surface area contributed by atoms with Gasteiger partial charge in [-0.15, -0.1) is 11.3 Å². The lowest BCUT2D eigenvalue weighted by Gasteiger charge is -2.21. The van der Waals surface area contributed by atoms with Gasteiger partial charge in [0.05, 0.1) is 28.4 Å². The van der Waals surface area contributed by atoms with Crippen molar-refractivity contribution in [2.75, 3.05) is 0 Å². The van der Waals surface area contributed by atoms with E-state index in [1.54, 1.807) is 0 Å². The first kappa shape index (κ1) is 24.4. The van der Waals surface area contributed by atoms with Crippen LogP contribution in [0.1, 0.15) is 30.5 Å². The Balaban J connectivity index is 1.29. The van der Waals surface area contributed by atoms with Crippen molar-refractivity contribution >= 4 is 53.3 Å². The lowest BCUT2D eigenvalue weighted by Crippen LogP contribution is -2.14. The van der Waals surface area contributed by atoms with Crippen LogP contribution in [0.5, 0.6) is 0 Å². The Bertz CT molecular complexity index is 2450. The van der Waals surface area contributed by atoms with Crippen LogP contribution in [0.4, 0.5) is 0 Å². The molecule has 9 rings (SSSR count). The largest absolute Gasteiger partial charge is 0.309 e. The number of hydrogen-bond donors (Lipinski definition) is 0. The zero-order valence-corrected chi connectivity index (χ0v) is 24.7. The normalized spacial score (nSPS) is 13.5. The number of nitriles is 1. The summed E-state index contributed by atoms with van der Waals surface area (Å²) in [6, 6.07) is 46.1. The predicted octanol–water partition coefficient (Wildman–Crippen LogP) is 11.0. The van der Waals surface area contributed by atoms with Crippen molar-refractivity contribution in [3.63, 3.8) is 0 Å². The van der Waals surface area contributed by atoms with Crippen LogP contribution in [0.3, 0.4) is 0 Å². The number of nitrogens with zero attached hydrogens (tertiary/aromatic N) is 2. The summed E-state index contributed by atoms with van der Waals surface area (Å²) in [7, 11) is 0. The molecule has 0 fully saturated rings. The van der Waals surface area contributed by atoms with Crippen molar-refractivity contribution in [1.82, 2.24) is 4.57 Å². The van der Waals surface area contributed by atoms with Gasteiger partial charge in [-0.25, -0.2) is 0 Å². The summed E-state index contributed by atoms with van der Waals surface area (Å²) in [6.45, 7) is 4.67. The molecule has 0 spiro atoms. The third-order valence-electron chi connectivity index (χ3n) is 9.45. The molecule has 8 aromatic rings. The van der Waals surface area contributed by atoms with Crippen molar-refractivity contribution in [1.29, 1.82) is 5.26 Å². The standard InChI is InChI=1S/C40H26N2S/c1-40(2)32-14-6-3-11-26(32)30-21-31-29-19-18-24(20-37(29)43-38(31)22-33(30)40)39-25(23-41)10-9-17-36(39)42-34-15-7-4-12-27(34)28-13-5-8-16-35(28)42/h3-22H,1-2H3. The van der Waals surface area contributed by atoms with Crippen LogP contribution in [0, 0.1) is 11.3 Å². The number of aromatic nitrogens is 1. The molecule has 0 aliphatic heterocycles. The van der Waals surface area contributed by atoms with E-state index in [0.29, 0.717) is 5.56 Å². The quantitative estimate of drug-likeness (QED) is 0.205. The molecule has 0 saturated heterocycles. The minimum atomic E-state index is -0.0234. The molecule has 0 N–H and O–H groups in total. The van der Waals surface area contributed by atoms with E-state index in [1.807, 2.05) is 23.5 Å². The maximum Gasteiger partial charge on any atom is 0.0998 e. The van der Waals surface area contributed by atoms with Crippen LogP contribution in [-0.4, -0.2) is 4.57 Å². The first-order chi connectivity index (χ1) is 21.0. The molecule has 0 bridgehead atoms. The van der Waals surface area contributed by atoms with E-state index in [0.717, 1.165) is 27.8 Å². The van der Waals surface area contributed by atoms with E-state index in [9.17, 15) is 5.26 Å². The molecule has 1 aliphatic carbocycles. The maximum absolute atomic E-state index is 10.3. The van der Waals surface area contributed by atoms with Crippen LogP contribution < -0.4 is 0 Å². The third-order valence-corrected chi connectivity index (χ3v) is 10.6. The molecule has 0 radical (unpaired) electrons. The second-order valence-electron chi connectivity index (χ2n) is 12.1. The van der Waals surface area contributed by atoms with Gasteiger partial charge in [0.25, 0.3) is 0 Å². The molecular formula is C40H26N2S. The van der Waals surface area contributed by atoms with Gasteiger partial charge in [0.2, 0.25) is 0 Å². The molecule has 2 heterocycles. The van der Waals surface area contributed by atoms with E-state index >= 15 is 0 Å². The van der Waals surface area contributed by atoms with E-state index < -0.39 is 0 Å². The summed E-state index contributed by atoms with van der Waals surface area (Å²) in [4.78, 5) is 0. The molecule has 202 valence electrons. The van der Waals surface area contributed by atoms with Gasteiger partial charge in [0.1, 0.15) is 0 Å². The molecule has 0 saturated carbocycles. The summed E-state index contributed by atoms with van der Waals surface area (Å²) >= 11 is 1.85. The monoisotopic (exact) mass is 566 g/mol. The van der Waals surface area contributed by atoms with E-state index in [4.69, 9.17) is 0 Å². The number of hydrogen-bond acceptors (Lipinski definition) is 2.